The van der Waals surface area contributed by atoms with E-state index in [1.165, 1.54) is 6.92 Å². The second kappa shape index (κ2) is 5.10. The fourth-order valence-electron chi connectivity index (χ4n) is 1.06. The van der Waals surface area contributed by atoms with E-state index in [0.29, 0.717) is 0 Å². The van der Waals surface area contributed by atoms with Gasteiger partial charge in [-0.3, -0.25) is 9.59 Å². The molecule has 0 aromatic carbocycles. The number of hydrogen-bond donors (Lipinski definition) is 4. The zero-order valence-corrected chi connectivity index (χ0v) is 8.73. The molecule has 4 N–H and O–H groups in total. The first-order valence-corrected chi connectivity index (χ1v) is 4.32. The van der Waals surface area contributed by atoms with E-state index in [0.717, 1.165) is 7.05 Å². The summed E-state index contributed by atoms with van der Waals surface area (Å²) >= 11 is 0. The molecule has 0 rings (SSSR count). The van der Waals surface area contributed by atoms with Crippen LogP contribution in [0, 0.1) is 5.41 Å². The van der Waals surface area contributed by atoms with Crippen molar-refractivity contribution >= 4 is 23.8 Å². The molecule has 0 saturated carbocycles. The maximum absolute atomic E-state index is 11.4. The molecule has 90 valence electrons. The van der Waals surface area contributed by atoms with Crippen molar-refractivity contribution in [1.82, 2.24) is 10.6 Å². The van der Waals surface area contributed by atoms with Crippen LogP contribution < -0.4 is 10.6 Å². The number of rotatable bonds is 5. The summed E-state index contributed by atoms with van der Waals surface area (Å²) in [6.07, 6.45) is 0. The van der Waals surface area contributed by atoms with Crippen LogP contribution in [0.15, 0.2) is 0 Å². The molecule has 16 heavy (non-hydrogen) atoms. The monoisotopic (exact) mass is 232 g/mol. The summed E-state index contributed by atoms with van der Waals surface area (Å²) in [5, 5.41) is 21.4. The van der Waals surface area contributed by atoms with E-state index in [-0.39, 0.29) is 6.54 Å². The van der Waals surface area contributed by atoms with E-state index >= 15 is 0 Å². The van der Waals surface area contributed by atoms with Crippen LogP contribution in [0.1, 0.15) is 6.92 Å². The summed E-state index contributed by atoms with van der Waals surface area (Å²) in [6.45, 7) is 1.48. The van der Waals surface area contributed by atoms with Crippen molar-refractivity contribution in [2.75, 3.05) is 13.6 Å². The average Bonchev–Trinajstić information content (AvgIpc) is 2.17. The van der Waals surface area contributed by atoms with E-state index in [1.807, 2.05) is 10.6 Å². The fourth-order valence-corrected chi connectivity index (χ4v) is 1.06. The molecule has 0 unspecified atom stereocenters. The normalized spacial score (nSPS) is 10.4. The summed E-state index contributed by atoms with van der Waals surface area (Å²) in [5.41, 5.74) is -3.15. The quantitative estimate of drug-likeness (QED) is 0.406. The first kappa shape index (κ1) is 13.9. The molecular weight excluding hydrogens is 220 g/mol. The number of carboxylic acids is 2. The van der Waals surface area contributed by atoms with E-state index in [9.17, 15) is 19.2 Å². The highest BCUT2D eigenvalue weighted by atomic mass is 16.4. The standard InChI is InChI=1S/C8H12N2O6/c1-3-10-5(12)8(6(13)14,7(15)16)4(11)9-2/h3H2,1-2H3,(H,9,11)(H,10,12)(H,13,14)(H,15,16). The molecule has 0 aliphatic rings. The number of carbonyl (C=O) groups excluding carboxylic acids is 2. The molecular formula is C8H12N2O6. The second-order valence-electron chi connectivity index (χ2n) is 2.80. The lowest BCUT2D eigenvalue weighted by Gasteiger charge is -2.21. The van der Waals surface area contributed by atoms with Gasteiger partial charge in [-0.05, 0) is 6.92 Å². The van der Waals surface area contributed by atoms with E-state index in [2.05, 4.69) is 0 Å². The van der Waals surface area contributed by atoms with Gasteiger partial charge in [0.1, 0.15) is 0 Å². The first-order chi connectivity index (χ1) is 7.35. The molecule has 0 spiro atoms. The minimum Gasteiger partial charge on any atom is -0.480 e. The Balaban J connectivity index is 5.63. The number of nitrogens with one attached hydrogen (secondary N) is 2. The van der Waals surface area contributed by atoms with E-state index in [1.54, 1.807) is 0 Å². The van der Waals surface area contributed by atoms with Crippen molar-refractivity contribution in [3.05, 3.63) is 0 Å². The van der Waals surface area contributed by atoms with Crippen LogP contribution in [0.2, 0.25) is 0 Å². The smallest absolute Gasteiger partial charge is 0.340 e. The van der Waals surface area contributed by atoms with E-state index < -0.39 is 29.2 Å². The molecule has 0 aliphatic heterocycles. The van der Waals surface area contributed by atoms with Crippen LogP contribution in [0.5, 0.6) is 0 Å². The van der Waals surface area contributed by atoms with Gasteiger partial charge in [-0.2, -0.15) is 0 Å². The fraction of sp³-hybridized carbons (Fsp3) is 0.500. The SMILES string of the molecule is CCNC(=O)C(C(=O)O)(C(=O)O)C(=O)NC. The van der Waals surface area contributed by atoms with Crippen molar-refractivity contribution < 1.29 is 29.4 Å². The molecule has 0 aromatic heterocycles. The van der Waals surface area contributed by atoms with Gasteiger partial charge in [-0.15, -0.1) is 0 Å². The Morgan fingerprint density at radius 1 is 1.06 bits per heavy atom. The molecule has 0 aromatic rings. The molecule has 0 fully saturated rings. The Labute approximate surface area is 90.6 Å². The van der Waals surface area contributed by atoms with Crippen molar-refractivity contribution in [3.8, 4) is 0 Å². The third kappa shape index (κ3) is 1.95. The lowest BCUT2D eigenvalue weighted by atomic mass is 9.86. The maximum Gasteiger partial charge on any atom is 0.340 e. The summed E-state index contributed by atoms with van der Waals surface area (Å²) in [5.74, 6) is -6.86. The zero-order chi connectivity index (χ0) is 12.9. The highest BCUT2D eigenvalue weighted by Gasteiger charge is 2.60. The zero-order valence-electron chi connectivity index (χ0n) is 8.73. The van der Waals surface area contributed by atoms with Crippen molar-refractivity contribution in [2.24, 2.45) is 5.41 Å². The van der Waals surface area contributed by atoms with Gasteiger partial charge in [-0.1, -0.05) is 0 Å². The highest BCUT2D eigenvalue weighted by molar-refractivity contribution is 6.34. The molecule has 8 heteroatoms. The topological polar surface area (TPSA) is 133 Å². The van der Waals surface area contributed by atoms with Crippen molar-refractivity contribution in [2.45, 2.75) is 6.92 Å². The van der Waals surface area contributed by atoms with Crippen molar-refractivity contribution in [3.63, 3.8) is 0 Å². The number of aliphatic carboxylic acids is 2. The van der Waals surface area contributed by atoms with Gasteiger partial charge >= 0.3 is 17.4 Å². The predicted molar refractivity (Wildman–Crippen MR) is 50.5 cm³/mol. The van der Waals surface area contributed by atoms with Gasteiger partial charge in [0.2, 0.25) is 0 Å². The lowest BCUT2D eigenvalue weighted by molar-refractivity contribution is -0.172. The van der Waals surface area contributed by atoms with Gasteiger partial charge in [0.05, 0.1) is 0 Å². The third-order valence-corrected chi connectivity index (χ3v) is 1.89. The molecule has 0 heterocycles. The minimum absolute atomic E-state index is 0.0120. The molecule has 8 nitrogen and oxygen atoms in total. The van der Waals surface area contributed by atoms with E-state index in [4.69, 9.17) is 10.2 Å². The van der Waals surface area contributed by atoms with Crippen LogP contribution in [0.25, 0.3) is 0 Å². The van der Waals surface area contributed by atoms with Gasteiger partial charge in [-0.25, -0.2) is 9.59 Å². The Bertz CT molecular complexity index is 323. The Morgan fingerprint density at radius 2 is 1.50 bits per heavy atom. The van der Waals surface area contributed by atoms with Gasteiger partial charge in [0, 0.05) is 13.6 Å². The highest BCUT2D eigenvalue weighted by Crippen LogP contribution is 2.19. The van der Waals surface area contributed by atoms with Crippen LogP contribution in [0.3, 0.4) is 0 Å². The Kier molecular flexibility index (Phi) is 4.42. The van der Waals surface area contributed by atoms with Crippen LogP contribution in [-0.4, -0.2) is 47.6 Å². The van der Waals surface area contributed by atoms with Crippen LogP contribution >= 0.6 is 0 Å². The number of carbonyl (C=O) groups is 4. The third-order valence-electron chi connectivity index (χ3n) is 1.89. The predicted octanol–water partition coefficient (Wildman–Crippen LogP) is -1.98. The summed E-state index contributed by atoms with van der Waals surface area (Å²) < 4.78 is 0. The van der Waals surface area contributed by atoms with Crippen molar-refractivity contribution in [1.29, 1.82) is 0 Å². The second-order valence-corrected chi connectivity index (χ2v) is 2.80. The van der Waals surface area contributed by atoms with Crippen LogP contribution in [0.4, 0.5) is 0 Å². The largest absolute Gasteiger partial charge is 0.480 e. The molecule has 0 saturated heterocycles. The van der Waals surface area contributed by atoms with Gasteiger partial charge in [0.25, 0.3) is 11.8 Å². The average molecular weight is 232 g/mol. The Hall–Kier alpha value is -2.12. The molecule has 2 amide bonds. The summed E-state index contributed by atoms with van der Waals surface area (Å²) in [4.78, 5) is 44.5. The van der Waals surface area contributed by atoms with Gasteiger partial charge < -0.3 is 20.8 Å². The molecule has 0 atom stereocenters. The van der Waals surface area contributed by atoms with Gasteiger partial charge in [0.15, 0.2) is 0 Å². The molecule has 0 radical (unpaired) electrons. The summed E-state index contributed by atoms with van der Waals surface area (Å²) in [6, 6.07) is 0. The minimum atomic E-state index is -3.15. The molecule has 0 bridgehead atoms. The Morgan fingerprint density at radius 3 is 1.75 bits per heavy atom. The lowest BCUT2D eigenvalue weighted by Crippen LogP contribution is -2.60. The van der Waals surface area contributed by atoms with Crippen LogP contribution in [-0.2, 0) is 19.2 Å². The molecule has 0 aliphatic carbocycles. The maximum atomic E-state index is 11.4. The summed E-state index contributed by atoms with van der Waals surface area (Å²) in [7, 11) is 1.04. The number of amides is 2. The number of hydrogen-bond acceptors (Lipinski definition) is 4. The first-order valence-electron chi connectivity index (χ1n) is 4.32. The number of carboxylic acid groups (broad SMARTS) is 2.